The number of nitrogens with zero attached hydrogens (tertiary/aromatic N) is 1. The van der Waals surface area contributed by atoms with Gasteiger partial charge in [0, 0.05) is 0 Å². The van der Waals surface area contributed by atoms with E-state index < -0.39 is 24.3 Å². The number of carbonyl (C=O) groups excluding carboxylic acids is 1. The number of aryl methyl sites for hydroxylation is 1. The van der Waals surface area contributed by atoms with E-state index in [4.69, 9.17) is 4.84 Å². The van der Waals surface area contributed by atoms with Crippen molar-refractivity contribution in [3.8, 4) is 0 Å². The highest BCUT2D eigenvalue weighted by Gasteiger charge is 2.33. The minimum absolute atomic E-state index is 0.318. The van der Waals surface area contributed by atoms with Crippen molar-refractivity contribution in [1.82, 2.24) is 0 Å². The zero-order valence-electron chi connectivity index (χ0n) is 12.8. The Bertz CT molecular complexity index is 743. The number of halogens is 3. The monoisotopic (exact) mass is 336 g/mol. The molecule has 0 heterocycles. The number of hydrogen-bond donors (Lipinski definition) is 1. The molecule has 7 heteroatoms. The Morgan fingerprint density at radius 3 is 2.54 bits per heavy atom. The lowest BCUT2D eigenvalue weighted by atomic mass is 10.1. The van der Waals surface area contributed by atoms with Gasteiger partial charge in [0.05, 0.1) is 17.5 Å². The van der Waals surface area contributed by atoms with Crippen molar-refractivity contribution in [1.29, 1.82) is 0 Å². The highest BCUT2D eigenvalue weighted by molar-refractivity contribution is 5.92. The molecular weight excluding hydrogens is 321 g/mol. The third-order valence-electron chi connectivity index (χ3n) is 3.16. The van der Waals surface area contributed by atoms with Crippen LogP contribution in [0.2, 0.25) is 0 Å². The van der Waals surface area contributed by atoms with Crippen LogP contribution in [0, 0.1) is 6.92 Å². The number of carbonyl (C=O) groups is 1. The van der Waals surface area contributed by atoms with Crippen LogP contribution in [0.15, 0.2) is 53.7 Å². The van der Waals surface area contributed by atoms with Crippen molar-refractivity contribution in [2.75, 3.05) is 11.9 Å². The molecule has 0 fully saturated rings. The van der Waals surface area contributed by atoms with Gasteiger partial charge in [0.1, 0.15) is 0 Å². The summed E-state index contributed by atoms with van der Waals surface area (Å²) in [6.45, 7) is 1.40. The Kier molecular flexibility index (Phi) is 5.57. The van der Waals surface area contributed by atoms with Crippen molar-refractivity contribution < 1.29 is 22.8 Å². The smallest absolute Gasteiger partial charge is 0.386 e. The molecule has 2 rings (SSSR count). The molecule has 1 amide bonds. The van der Waals surface area contributed by atoms with Gasteiger partial charge in [-0.25, -0.2) is 0 Å². The minimum atomic E-state index is -4.55. The fourth-order valence-corrected chi connectivity index (χ4v) is 1.95. The van der Waals surface area contributed by atoms with E-state index in [2.05, 4.69) is 10.5 Å². The van der Waals surface area contributed by atoms with E-state index in [-0.39, 0.29) is 5.69 Å². The Morgan fingerprint density at radius 2 is 1.83 bits per heavy atom. The molecule has 0 aliphatic rings. The van der Waals surface area contributed by atoms with Gasteiger partial charge in [-0.2, -0.15) is 13.2 Å². The highest BCUT2D eigenvalue weighted by Crippen LogP contribution is 2.34. The van der Waals surface area contributed by atoms with Gasteiger partial charge in [-0.3, -0.25) is 4.79 Å². The first-order valence-electron chi connectivity index (χ1n) is 7.05. The minimum Gasteiger partial charge on any atom is -0.386 e. The standard InChI is InChI=1S/C17H15F3N2O2/c1-12-6-2-3-7-13(12)10-21-24-11-16(23)22-15-9-5-4-8-14(15)17(18,19)20/h2-10H,11H2,1H3,(H,22,23)/b21-10-. The molecule has 0 atom stereocenters. The van der Waals surface area contributed by atoms with Gasteiger partial charge in [-0.05, 0) is 30.2 Å². The van der Waals surface area contributed by atoms with Crippen LogP contribution in [0.3, 0.4) is 0 Å². The molecule has 0 aliphatic heterocycles. The zero-order valence-corrected chi connectivity index (χ0v) is 12.8. The third-order valence-corrected chi connectivity index (χ3v) is 3.16. The number of oxime groups is 1. The van der Waals surface area contributed by atoms with E-state index in [1.54, 1.807) is 0 Å². The molecule has 0 aromatic heterocycles. The third kappa shape index (κ3) is 4.84. The number of benzene rings is 2. The number of para-hydroxylation sites is 1. The first kappa shape index (κ1) is 17.5. The van der Waals surface area contributed by atoms with E-state index in [9.17, 15) is 18.0 Å². The second-order valence-electron chi connectivity index (χ2n) is 4.96. The fourth-order valence-electron chi connectivity index (χ4n) is 1.95. The lowest BCUT2D eigenvalue weighted by molar-refractivity contribution is -0.137. The predicted molar refractivity (Wildman–Crippen MR) is 84.8 cm³/mol. The van der Waals surface area contributed by atoms with Crippen LogP contribution in [0.4, 0.5) is 18.9 Å². The molecule has 0 saturated carbocycles. The Labute approximate surface area is 136 Å². The van der Waals surface area contributed by atoms with E-state index in [1.165, 1.54) is 24.4 Å². The molecule has 2 aromatic carbocycles. The summed E-state index contributed by atoms with van der Waals surface area (Å²) in [7, 11) is 0. The maximum absolute atomic E-state index is 12.8. The van der Waals surface area contributed by atoms with Gasteiger partial charge in [0.15, 0.2) is 6.61 Å². The quantitative estimate of drug-likeness (QED) is 0.663. The first-order valence-corrected chi connectivity index (χ1v) is 7.05. The molecule has 0 aliphatic carbocycles. The fraction of sp³-hybridized carbons (Fsp3) is 0.176. The van der Waals surface area contributed by atoms with Crippen molar-refractivity contribution in [2.24, 2.45) is 5.16 Å². The SMILES string of the molecule is Cc1ccccc1/C=N\OCC(=O)Nc1ccccc1C(F)(F)F. The Hall–Kier alpha value is -2.83. The molecule has 1 N–H and O–H groups in total. The number of amides is 1. The predicted octanol–water partition coefficient (Wildman–Crippen LogP) is 4.00. The maximum atomic E-state index is 12.8. The van der Waals surface area contributed by atoms with Gasteiger partial charge in [0.25, 0.3) is 5.91 Å². The summed E-state index contributed by atoms with van der Waals surface area (Å²) in [4.78, 5) is 16.5. The molecule has 24 heavy (non-hydrogen) atoms. The van der Waals surface area contributed by atoms with Crippen LogP contribution in [0.1, 0.15) is 16.7 Å². The second kappa shape index (κ2) is 7.63. The summed E-state index contributed by atoms with van der Waals surface area (Å²) in [6, 6.07) is 12.1. The summed E-state index contributed by atoms with van der Waals surface area (Å²) in [5.74, 6) is -0.728. The molecule has 0 unspecified atom stereocenters. The van der Waals surface area contributed by atoms with Gasteiger partial charge >= 0.3 is 6.18 Å². The van der Waals surface area contributed by atoms with E-state index in [1.807, 2.05) is 31.2 Å². The van der Waals surface area contributed by atoms with Crippen molar-refractivity contribution in [3.05, 3.63) is 65.2 Å². The normalized spacial score (nSPS) is 11.5. The van der Waals surface area contributed by atoms with Crippen molar-refractivity contribution in [2.45, 2.75) is 13.1 Å². The number of nitrogens with one attached hydrogen (secondary N) is 1. The molecule has 0 saturated heterocycles. The van der Waals surface area contributed by atoms with Crippen LogP contribution in [0.5, 0.6) is 0 Å². The zero-order chi connectivity index (χ0) is 17.6. The summed E-state index contributed by atoms with van der Waals surface area (Å²) in [5.41, 5.74) is 0.567. The number of alkyl halides is 3. The summed E-state index contributed by atoms with van der Waals surface area (Å²) < 4.78 is 38.5. The maximum Gasteiger partial charge on any atom is 0.418 e. The molecular formula is C17H15F3N2O2. The Balaban J connectivity index is 1.92. The lowest BCUT2D eigenvalue weighted by Gasteiger charge is -2.13. The van der Waals surface area contributed by atoms with Gasteiger partial charge in [-0.15, -0.1) is 0 Å². The van der Waals surface area contributed by atoms with E-state index >= 15 is 0 Å². The summed E-state index contributed by atoms with van der Waals surface area (Å²) in [6.07, 6.45) is -3.11. The van der Waals surface area contributed by atoms with Crippen LogP contribution in [-0.2, 0) is 15.8 Å². The second-order valence-corrected chi connectivity index (χ2v) is 4.96. The van der Waals surface area contributed by atoms with Crippen LogP contribution >= 0.6 is 0 Å². The molecule has 0 bridgehead atoms. The van der Waals surface area contributed by atoms with E-state index in [0.717, 1.165) is 17.2 Å². The first-order chi connectivity index (χ1) is 11.4. The number of hydrogen-bond acceptors (Lipinski definition) is 3. The Morgan fingerprint density at radius 1 is 1.17 bits per heavy atom. The highest BCUT2D eigenvalue weighted by atomic mass is 19.4. The number of rotatable bonds is 5. The van der Waals surface area contributed by atoms with Crippen LogP contribution < -0.4 is 5.32 Å². The van der Waals surface area contributed by atoms with Gasteiger partial charge in [-0.1, -0.05) is 41.6 Å². The summed E-state index contributed by atoms with van der Waals surface area (Å²) >= 11 is 0. The summed E-state index contributed by atoms with van der Waals surface area (Å²) in [5, 5.41) is 5.82. The van der Waals surface area contributed by atoms with Crippen molar-refractivity contribution >= 4 is 17.8 Å². The van der Waals surface area contributed by atoms with Gasteiger partial charge < -0.3 is 10.2 Å². The molecule has 2 aromatic rings. The molecule has 126 valence electrons. The molecule has 0 spiro atoms. The molecule has 4 nitrogen and oxygen atoms in total. The van der Waals surface area contributed by atoms with Crippen LogP contribution in [-0.4, -0.2) is 18.7 Å². The average molecular weight is 336 g/mol. The van der Waals surface area contributed by atoms with E-state index in [0.29, 0.717) is 0 Å². The average Bonchev–Trinajstić information content (AvgIpc) is 2.52. The molecule has 0 radical (unpaired) electrons. The topological polar surface area (TPSA) is 50.7 Å². The largest absolute Gasteiger partial charge is 0.418 e. The van der Waals surface area contributed by atoms with Crippen molar-refractivity contribution in [3.63, 3.8) is 0 Å². The lowest BCUT2D eigenvalue weighted by Crippen LogP contribution is -2.20. The number of anilines is 1. The van der Waals surface area contributed by atoms with Crippen LogP contribution in [0.25, 0.3) is 0 Å². The van der Waals surface area contributed by atoms with Gasteiger partial charge in [0.2, 0.25) is 0 Å².